The van der Waals surface area contributed by atoms with Crippen LogP contribution >= 0.6 is 0 Å². The molecule has 0 aliphatic heterocycles. The van der Waals surface area contributed by atoms with E-state index in [0.717, 1.165) is 5.56 Å². The maximum atomic E-state index is 12.0. The summed E-state index contributed by atoms with van der Waals surface area (Å²) in [6.45, 7) is 0. The molecule has 1 amide bonds. The maximum absolute atomic E-state index is 12.0. The third-order valence-electron chi connectivity index (χ3n) is 2.74. The van der Waals surface area contributed by atoms with Gasteiger partial charge in [-0.1, -0.05) is 35.5 Å². The Morgan fingerprint density at radius 2 is 1.80 bits per heavy atom. The van der Waals surface area contributed by atoms with Gasteiger partial charge >= 0.3 is 0 Å². The van der Waals surface area contributed by atoms with E-state index >= 15 is 0 Å². The predicted octanol–water partition coefficient (Wildman–Crippen LogP) is 2.99. The number of nitrogens with one attached hydrogen (secondary N) is 1. The van der Waals surface area contributed by atoms with Crippen LogP contribution in [0.2, 0.25) is 0 Å². The number of anilines is 1. The van der Waals surface area contributed by atoms with Gasteiger partial charge in [0, 0.05) is 29.7 Å². The van der Waals surface area contributed by atoms with E-state index in [1.807, 2.05) is 30.3 Å². The summed E-state index contributed by atoms with van der Waals surface area (Å²) >= 11 is 0. The molecule has 0 radical (unpaired) electrons. The maximum Gasteiger partial charge on any atom is 0.277 e. The molecule has 0 fully saturated rings. The van der Waals surface area contributed by atoms with Gasteiger partial charge in [-0.15, -0.1) is 0 Å². The second-order valence-corrected chi connectivity index (χ2v) is 4.13. The Hall–Kier alpha value is -2.95. The van der Waals surface area contributed by atoms with Gasteiger partial charge in [0.25, 0.3) is 5.91 Å². The Balaban J connectivity index is 1.79. The summed E-state index contributed by atoms with van der Waals surface area (Å²) in [7, 11) is 0. The fourth-order valence-corrected chi connectivity index (χ4v) is 1.75. The van der Waals surface area contributed by atoms with Crippen LogP contribution in [0.15, 0.2) is 65.4 Å². The summed E-state index contributed by atoms with van der Waals surface area (Å²) in [6.07, 6.45) is 3.21. The van der Waals surface area contributed by atoms with Crippen LogP contribution in [0.4, 0.5) is 5.69 Å². The van der Waals surface area contributed by atoms with Gasteiger partial charge in [-0.2, -0.15) is 0 Å². The van der Waals surface area contributed by atoms with Gasteiger partial charge in [0.1, 0.15) is 0 Å². The van der Waals surface area contributed by atoms with Crippen molar-refractivity contribution in [3.05, 3.63) is 66.6 Å². The zero-order valence-electron chi connectivity index (χ0n) is 10.5. The summed E-state index contributed by atoms with van der Waals surface area (Å²) in [6, 6.07) is 14.5. The molecule has 2 heterocycles. The highest BCUT2D eigenvalue weighted by Gasteiger charge is 2.13. The molecule has 0 aliphatic carbocycles. The summed E-state index contributed by atoms with van der Waals surface area (Å²) in [5, 5.41) is 6.51. The zero-order chi connectivity index (χ0) is 13.8. The fraction of sp³-hybridized carbons (Fsp3) is 0. The number of aromatic nitrogens is 2. The molecular weight excluding hydrogens is 254 g/mol. The molecule has 0 saturated heterocycles. The van der Waals surface area contributed by atoms with Crippen LogP contribution in [0.25, 0.3) is 11.3 Å². The van der Waals surface area contributed by atoms with Crippen molar-refractivity contribution in [1.29, 1.82) is 0 Å². The quantitative estimate of drug-likeness (QED) is 0.790. The summed E-state index contributed by atoms with van der Waals surface area (Å²) in [5.41, 5.74) is 1.78. The van der Waals surface area contributed by atoms with E-state index in [2.05, 4.69) is 15.5 Å². The first-order chi connectivity index (χ1) is 9.83. The monoisotopic (exact) mass is 265 g/mol. The molecule has 2 aromatic heterocycles. The van der Waals surface area contributed by atoms with Gasteiger partial charge in [-0.3, -0.25) is 9.78 Å². The molecule has 0 bridgehead atoms. The van der Waals surface area contributed by atoms with Gasteiger partial charge in [0.15, 0.2) is 11.5 Å². The molecule has 1 aromatic carbocycles. The molecule has 3 aromatic rings. The van der Waals surface area contributed by atoms with Crippen LogP contribution in [0.1, 0.15) is 10.5 Å². The number of rotatable bonds is 3. The summed E-state index contributed by atoms with van der Waals surface area (Å²) < 4.78 is 5.19. The Bertz CT molecular complexity index is 708. The molecular formula is C15H11N3O2. The molecule has 0 unspecified atom stereocenters. The van der Waals surface area contributed by atoms with Crippen LogP contribution in [0.3, 0.4) is 0 Å². The Morgan fingerprint density at radius 3 is 2.55 bits per heavy atom. The van der Waals surface area contributed by atoms with E-state index < -0.39 is 0 Å². The van der Waals surface area contributed by atoms with Crippen molar-refractivity contribution >= 4 is 11.6 Å². The molecule has 0 saturated carbocycles. The number of hydrogen-bond acceptors (Lipinski definition) is 4. The Kier molecular flexibility index (Phi) is 3.24. The molecule has 98 valence electrons. The van der Waals surface area contributed by atoms with Gasteiger partial charge in [-0.05, 0) is 12.1 Å². The number of carbonyl (C=O) groups is 1. The van der Waals surface area contributed by atoms with E-state index in [4.69, 9.17) is 4.52 Å². The van der Waals surface area contributed by atoms with Crippen molar-refractivity contribution in [1.82, 2.24) is 10.1 Å². The van der Waals surface area contributed by atoms with E-state index in [0.29, 0.717) is 11.4 Å². The molecule has 20 heavy (non-hydrogen) atoms. The normalized spacial score (nSPS) is 10.2. The highest BCUT2D eigenvalue weighted by Crippen LogP contribution is 2.20. The smallest absolute Gasteiger partial charge is 0.277 e. The average Bonchev–Trinajstić information content (AvgIpc) is 2.99. The molecule has 0 aliphatic rings. The lowest BCUT2D eigenvalue weighted by Gasteiger charge is -2.00. The molecule has 1 N–H and O–H groups in total. The standard InChI is InChI=1S/C15H11N3O2/c19-15(17-12-6-8-16-9-7-12)13-10-14(20-18-13)11-4-2-1-3-5-11/h1-10H,(H,16,17,19). The highest BCUT2D eigenvalue weighted by atomic mass is 16.5. The van der Waals surface area contributed by atoms with Crippen molar-refractivity contribution in [3.63, 3.8) is 0 Å². The van der Waals surface area contributed by atoms with Crippen molar-refractivity contribution in [2.75, 3.05) is 5.32 Å². The largest absolute Gasteiger partial charge is 0.355 e. The second-order valence-electron chi connectivity index (χ2n) is 4.13. The number of amides is 1. The van der Waals surface area contributed by atoms with E-state index in [1.165, 1.54) is 0 Å². The number of benzene rings is 1. The summed E-state index contributed by atoms with van der Waals surface area (Å²) in [5.74, 6) is 0.243. The topological polar surface area (TPSA) is 68.0 Å². The first-order valence-corrected chi connectivity index (χ1v) is 6.06. The molecule has 0 spiro atoms. The minimum absolute atomic E-state index is 0.237. The van der Waals surface area contributed by atoms with Crippen molar-refractivity contribution in [2.45, 2.75) is 0 Å². The fourth-order valence-electron chi connectivity index (χ4n) is 1.75. The molecule has 5 heteroatoms. The zero-order valence-corrected chi connectivity index (χ0v) is 10.5. The van der Waals surface area contributed by atoms with Crippen LogP contribution in [-0.2, 0) is 0 Å². The SMILES string of the molecule is O=C(Nc1ccncc1)c1cc(-c2ccccc2)on1. The number of carbonyl (C=O) groups excluding carboxylic acids is 1. The van der Waals surface area contributed by atoms with Crippen LogP contribution in [-0.4, -0.2) is 16.0 Å². The van der Waals surface area contributed by atoms with Crippen molar-refractivity contribution in [2.24, 2.45) is 0 Å². The van der Waals surface area contributed by atoms with E-state index in [9.17, 15) is 4.79 Å². The van der Waals surface area contributed by atoms with E-state index in [-0.39, 0.29) is 11.6 Å². The Labute approximate surface area is 115 Å². The summed E-state index contributed by atoms with van der Waals surface area (Å²) in [4.78, 5) is 15.9. The predicted molar refractivity (Wildman–Crippen MR) is 74.1 cm³/mol. The minimum atomic E-state index is -0.317. The molecule has 5 nitrogen and oxygen atoms in total. The third kappa shape index (κ3) is 2.56. The lowest BCUT2D eigenvalue weighted by molar-refractivity contribution is 0.101. The second kappa shape index (κ2) is 5.36. The number of nitrogens with zero attached hydrogens (tertiary/aromatic N) is 2. The highest BCUT2D eigenvalue weighted by molar-refractivity contribution is 6.03. The molecule has 0 atom stereocenters. The van der Waals surface area contributed by atoms with Gasteiger partial charge in [0.2, 0.25) is 0 Å². The Morgan fingerprint density at radius 1 is 1.05 bits per heavy atom. The average molecular weight is 265 g/mol. The number of hydrogen-bond donors (Lipinski definition) is 1. The van der Waals surface area contributed by atoms with Crippen LogP contribution in [0.5, 0.6) is 0 Å². The van der Waals surface area contributed by atoms with Crippen LogP contribution in [0, 0.1) is 0 Å². The van der Waals surface area contributed by atoms with Gasteiger partial charge in [0.05, 0.1) is 0 Å². The lowest BCUT2D eigenvalue weighted by Crippen LogP contribution is -2.11. The first kappa shape index (κ1) is 12.1. The third-order valence-corrected chi connectivity index (χ3v) is 2.74. The lowest BCUT2D eigenvalue weighted by atomic mass is 10.1. The molecule has 3 rings (SSSR count). The minimum Gasteiger partial charge on any atom is -0.355 e. The van der Waals surface area contributed by atoms with Gasteiger partial charge in [-0.25, -0.2) is 0 Å². The van der Waals surface area contributed by atoms with Crippen molar-refractivity contribution < 1.29 is 9.32 Å². The van der Waals surface area contributed by atoms with Crippen LogP contribution < -0.4 is 5.32 Å². The first-order valence-electron chi connectivity index (χ1n) is 6.06. The van der Waals surface area contributed by atoms with Gasteiger partial charge < -0.3 is 9.84 Å². The number of pyridine rings is 1. The van der Waals surface area contributed by atoms with Crippen molar-refractivity contribution in [3.8, 4) is 11.3 Å². The van der Waals surface area contributed by atoms with E-state index in [1.54, 1.807) is 30.6 Å².